The molecule has 0 aromatic rings. The zero-order valence-electron chi connectivity index (χ0n) is 5.09. The predicted octanol–water partition coefficient (Wildman–Crippen LogP) is -0.355. The summed E-state index contributed by atoms with van der Waals surface area (Å²) in [5, 5.41) is 2.25. The molecule has 0 saturated carbocycles. The SMILES string of the molecule is C#CC[C@H]1NC(=O)OC1=O. The first-order chi connectivity index (χ1) is 4.74. The molecule has 0 unspecified atom stereocenters. The quantitative estimate of drug-likeness (QED) is 0.307. The molecule has 1 N–H and O–H groups in total. The number of amides is 1. The van der Waals surface area contributed by atoms with E-state index in [1.807, 2.05) is 0 Å². The predicted molar refractivity (Wildman–Crippen MR) is 31.9 cm³/mol. The summed E-state index contributed by atoms with van der Waals surface area (Å²) in [6.45, 7) is 0. The van der Waals surface area contributed by atoms with E-state index in [-0.39, 0.29) is 6.42 Å². The molecule has 1 aliphatic rings. The molecule has 0 radical (unpaired) electrons. The second-order valence-electron chi connectivity index (χ2n) is 1.81. The smallest absolute Gasteiger partial charge is 0.375 e. The summed E-state index contributed by atoms with van der Waals surface area (Å²) in [5.74, 6) is 1.65. The van der Waals surface area contributed by atoms with E-state index in [1.54, 1.807) is 0 Å². The van der Waals surface area contributed by atoms with Crippen LogP contribution in [0.4, 0.5) is 4.79 Å². The van der Waals surface area contributed by atoms with Gasteiger partial charge in [-0.2, -0.15) is 0 Å². The highest BCUT2D eigenvalue weighted by atomic mass is 16.6. The van der Waals surface area contributed by atoms with Gasteiger partial charge in [0, 0.05) is 6.42 Å². The minimum Gasteiger partial charge on any atom is -0.375 e. The Morgan fingerprint density at radius 3 is 2.80 bits per heavy atom. The molecule has 0 bridgehead atoms. The molecule has 52 valence electrons. The van der Waals surface area contributed by atoms with E-state index in [9.17, 15) is 9.59 Å². The van der Waals surface area contributed by atoms with Crippen molar-refractivity contribution in [2.75, 3.05) is 0 Å². The molecule has 0 aromatic carbocycles. The van der Waals surface area contributed by atoms with Gasteiger partial charge in [-0.1, -0.05) is 0 Å². The Labute approximate surface area is 57.5 Å². The molecule has 1 atom stereocenters. The Bertz CT molecular complexity index is 216. The first-order valence-corrected chi connectivity index (χ1v) is 2.69. The van der Waals surface area contributed by atoms with Crippen molar-refractivity contribution in [1.29, 1.82) is 0 Å². The van der Waals surface area contributed by atoms with Crippen molar-refractivity contribution in [3.63, 3.8) is 0 Å². The number of rotatable bonds is 1. The lowest BCUT2D eigenvalue weighted by Gasteiger charge is -1.95. The summed E-state index contributed by atoms with van der Waals surface area (Å²) in [5.41, 5.74) is 0. The third kappa shape index (κ3) is 1.08. The molecular weight excluding hydrogens is 134 g/mol. The van der Waals surface area contributed by atoms with Gasteiger partial charge in [0.25, 0.3) is 0 Å². The van der Waals surface area contributed by atoms with Gasteiger partial charge in [-0.25, -0.2) is 9.59 Å². The highest BCUT2D eigenvalue weighted by molar-refractivity contribution is 5.95. The summed E-state index contributed by atoms with van der Waals surface area (Å²) in [4.78, 5) is 20.9. The summed E-state index contributed by atoms with van der Waals surface area (Å²) in [6, 6.07) is -0.641. The Balaban J connectivity index is 2.56. The van der Waals surface area contributed by atoms with E-state index in [0.29, 0.717) is 0 Å². The molecule has 0 aliphatic carbocycles. The molecule has 1 fully saturated rings. The minimum atomic E-state index is -0.717. The Morgan fingerprint density at radius 1 is 1.70 bits per heavy atom. The molecule has 1 heterocycles. The summed E-state index contributed by atoms with van der Waals surface area (Å²) in [6.07, 6.45) is 4.37. The van der Waals surface area contributed by atoms with Gasteiger partial charge < -0.3 is 10.1 Å². The highest BCUT2D eigenvalue weighted by Crippen LogP contribution is 2.02. The number of carbonyl (C=O) groups excluding carboxylic acids is 2. The van der Waals surface area contributed by atoms with E-state index in [4.69, 9.17) is 6.42 Å². The van der Waals surface area contributed by atoms with Gasteiger partial charge in [-0.15, -0.1) is 12.3 Å². The molecule has 4 nitrogen and oxygen atoms in total. The highest BCUT2D eigenvalue weighted by Gasteiger charge is 2.31. The fourth-order valence-corrected chi connectivity index (χ4v) is 0.645. The van der Waals surface area contributed by atoms with E-state index in [2.05, 4.69) is 16.0 Å². The number of carbonyl (C=O) groups is 2. The number of terminal acetylenes is 1. The third-order valence-electron chi connectivity index (χ3n) is 1.09. The lowest BCUT2D eigenvalue weighted by molar-refractivity contribution is -0.135. The summed E-state index contributed by atoms with van der Waals surface area (Å²) in [7, 11) is 0. The van der Waals surface area contributed by atoms with E-state index >= 15 is 0 Å². The topological polar surface area (TPSA) is 55.4 Å². The van der Waals surface area contributed by atoms with Crippen molar-refractivity contribution in [2.24, 2.45) is 0 Å². The fourth-order valence-electron chi connectivity index (χ4n) is 0.645. The number of hydrogen-bond acceptors (Lipinski definition) is 3. The maximum Gasteiger partial charge on any atom is 0.415 e. The maximum atomic E-state index is 10.6. The molecule has 1 saturated heterocycles. The number of ether oxygens (including phenoxy) is 1. The van der Waals surface area contributed by atoms with Gasteiger partial charge in [0.15, 0.2) is 0 Å². The number of nitrogens with one attached hydrogen (secondary N) is 1. The van der Waals surface area contributed by atoms with Gasteiger partial charge in [-0.3, -0.25) is 0 Å². The van der Waals surface area contributed by atoms with Crippen LogP contribution in [0.15, 0.2) is 0 Å². The number of esters is 1. The van der Waals surface area contributed by atoms with Crippen LogP contribution in [0.3, 0.4) is 0 Å². The molecule has 1 rings (SSSR count). The molecule has 1 aliphatic heterocycles. The number of alkyl carbamates (subject to hydrolysis) is 1. The van der Waals surface area contributed by atoms with Crippen molar-refractivity contribution < 1.29 is 14.3 Å². The number of cyclic esters (lactones) is 2. The van der Waals surface area contributed by atoms with Crippen LogP contribution in [0, 0.1) is 12.3 Å². The molecular formula is C6H5NO3. The van der Waals surface area contributed by atoms with E-state index in [1.165, 1.54) is 0 Å². The zero-order valence-corrected chi connectivity index (χ0v) is 5.09. The van der Waals surface area contributed by atoms with E-state index < -0.39 is 18.1 Å². The van der Waals surface area contributed by atoms with Gasteiger partial charge in [0.05, 0.1) is 0 Å². The lowest BCUT2D eigenvalue weighted by Crippen LogP contribution is -2.27. The minimum absolute atomic E-state index is 0.185. The molecule has 0 aromatic heterocycles. The standard InChI is InChI=1S/C6H5NO3/c1-2-3-4-5(8)10-6(9)7-4/h1,4H,3H2,(H,7,9)/t4-/m1/s1. The van der Waals surface area contributed by atoms with Crippen LogP contribution in [-0.4, -0.2) is 18.1 Å². The van der Waals surface area contributed by atoms with Crippen LogP contribution < -0.4 is 5.32 Å². The van der Waals surface area contributed by atoms with Gasteiger partial charge in [-0.05, 0) is 0 Å². The summed E-state index contributed by atoms with van der Waals surface area (Å²) >= 11 is 0. The lowest BCUT2D eigenvalue weighted by atomic mass is 10.2. The van der Waals surface area contributed by atoms with Crippen LogP contribution in [0.2, 0.25) is 0 Å². The van der Waals surface area contributed by atoms with Crippen molar-refractivity contribution in [1.82, 2.24) is 5.32 Å². The Hall–Kier alpha value is -1.50. The molecule has 10 heavy (non-hydrogen) atoms. The second kappa shape index (κ2) is 2.40. The Kier molecular flexibility index (Phi) is 1.59. The van der Waals surface area contributed by atoms with Crippen molar-refractivity contribution >= 4 is 12.1 Å². The normalized spacial score (nSPS) is 23.3. The molecule has 1 amide bonds. The van der Waals surface area contributed by atoms with Crippen LogP contribution >= 0.6 is 0 Å². The monoisotopic (exact) mass is 139 g/mol. The second-order valence-corrected chi connectivity index (χ2v) is 1.81. The molecule has 4 heteroatoms. The van der Waals surface area contributed by atoms with Crippen LogP contribution in [0.25, 0.3) is 0 Å². The van der Waals surface area contributed by atoms with Gasteiger partial charge in [0.2, 0.25) is 0 Å². The van der Waals surface area contributed by atoms with E-state index in [0.717, 1.165) is 0 Å². The van der Waals surface area contributed by atoms with Crippen molar-refractivity contribution in [2.45, 2.75) is 12.5 Å². The van der Waals surface area contributed by atoms with Crippen molar-refractivity contribution in [3.8, 4) is 12.3 Å². The van der Waals surface area contributed by atoms with Crippen molar-refractivity contribution in [3.05, 3.63) is 0 Å². The van der Waals surface area contributed by atoms with Gasteiger partial charge in [0.1, 0.15) is 6.04 Å². The molecule has 0 spiro atoms. The average Bonchev–Trinajstić information content (AvgIpc) is 2.13. The zero-order chi connectivity index (χ0) is 7.56. The number of hydrogen-bond donors (Lipinski definition) is 1. The van der Waals surface area contributed by atoms with Crippen LogP contribution in [0.5, 0.6) is 0 Å². The third-order valence-corrected chi connectivity index (χ3v) is 1.09. The first-order valence-electron chi connectivity index (χ1n) is 2.69. The van der Waals surface area contributed by atoms with Crippen LogP contribution in [-0.2, 0) is 9.53 Å². The largest absolute Gasteiger partial charge is 0.415 e. The summed E-state index contributed by atoms with van der Waals surface area (Å²) < 4.78 is 4.14. The Morgan fingerprint density at radius 2 is 2.40 bits per heavy atom. The maximum absolute atomic E-state index is 10.6. The average molecular weight is 139 g/mol. The fraction of sp³-hybridized carbons (Fsp3) is 0.333. The van der Waals surface area contributed by atoms with Gasteiger partial charge >= 0.3 is 12.1 Å². The van der Waals surface area contributed by atoms with Crippen LogP contribution in [0.1, 0.15) is 6.42 Å². The first kappa shape index (κ1) is 6.62.